The number of aryl methyl sites for hydroxylation is 1. The van der Waals surface area contributed by atoms with Gasteiger partial charge in [-0.3, -0.25) is 14.6 Å². The molecule has 1 fully saturated rings. The van der Waals surface area contributed by atoms with Crippen LogP contribution in [0.4, 0.5) is 0 Å². The minimum Gasteiger partial charge on any atom is -0.481 e. The molecule has 0 saturated heterocycles. The summed E-state index contributed by atoms with van der Waals surface area (Å²) in [7, 11) is 0. The summed E-state index contributed by atoms with van der Waals surface area (Å²) >= 11 is 0. The highest BCUT2D eigenvalue weighted by Crippen LogP contribution is 2.36. The number of benzene rings is 2. The van der Waals surface area contributed by atoms with Crippen molar-refractivity contribution >= 4 is 11.9 Å². The molecule has 0 aliphatic heterocycles. The van der Waals surface area contributed by atoms with Crippen LogP contribution >= 0.6 is 0 Å². The van der Waals surface area contributed by atoms with Crippen molar-refractivity contribution in [1.29, 1.82) is 0 Å². The molecule has 1 aliphatic rings. The fraction of sp³-hybridized carbons (Fsp3) is 0.296. The van der Waals surface area contributed by atoms with Crippen LogP contribution in [0.25, 0.3) is 22.4 Å². The van der Waals surface area contributed by atoms with E-state index in [-0.39, 0.29) is 18.2 Å². The number of carbonyl (C=O) groups excluding carboxylic acids is 1. The second-order valence-electron chi connectivity index (χ2n) is 8.46. The second-order valence-corrected chi connectivity index (χ2v) is 8.46. The van der Waals surface area contributed by atoms with Crippen LogP contribution < -0.4 is 0 Å². The van der Waals surface area contributed by atoms with Gasteiger partial charge in [0.15, 0.2) is 0 Å². The summed E-state index contributed by atoms with van der Waals surface area (Å²) in [6.45, 7) is 5.25. The number of carboxylic acids is 1. The molecule has 1 amide bonds. The van der Waals surface area contributed by atoms with Crippen LogP contribution in [0.5, 0.6) is 0 Å². The molecule has 1 heterocycles. The van der Waals surface area contributed by atoms with Gasteiger partial charge in [-0.2, -0.15) is 0 Å². The minimum absolute atomic E-state index is 0.0858. The molecule has 0 atom stereocenters. The van der Waals surface area contributed by atoms with Crippen LogP contribution in [0.3, 0.4) is 0 Å². The molecule has 0 spiro atoms. The van der Waals surface area contributed by atoms with Gasteiger partial charge in [0.25, 0.3) is 0 Å². The monoisotopic (exact) mass is 428 g/mol. The third kappa shape index (κ3) is 4.88. The maximum Gasteiger partial charge on any atom is 0.307 e. The van der Waals surface area contributed by atoms with E-state index < -0.39 is 5.97 Å². The summed E-state index contributed by atoms with van der Waals surface area (Å²) in [4.78, 5) is 30.7. The second kappa shape index (κ2) is 9.35. The molecule has 5 nitrogen and oxygen atoms in total. The SMILES string of the molecule is CCN(Cc1cc(C)ccc1-c1cc(CC(=O)O)cnc1-c1ccccc1)C(=O)C1CC1. The Bertz CT molecular complexity index is 1140. The Labute approximate surface area is 188 Å². The average molecular weight is 429 g/mol. The highest BCUT2D eigenvalue weighted by Gasteiger charge is 2.33. The van der Waals surface area contributed by atoms with Crippen molar-refractivity contribution in [1.82, 2.24) is 9.88 Å². The lowest BCUT2D eigenvalue weighted by Gasteiger charge is -2.24. The maximum absolute atomic E-state index is 12.8. The number of pyridine rings is 1. The van der Waals surface area contributed by atoms with Crippen molar-refractivity contribution in [2.45, 2.75) is 39.7 Å². The number of aliphatic carboxylic acids is 1. The quantitative estimate of drug-likeness (QED) is 0.541. The Balaban J connectivity index is 1.82. The van der Waals surface area contributed by atoms with E-state index in [0.717, 1.165) is 46.4 Å². The summed E-state index contributed by atoms with van der Waals surface area (Å²) in [5.41, 5.74) is 6.47. The Kier molecular flexibility index (Phi) is 6.35. The van der Waals surface area contributed by atoms with Crippen molar-refractivity contribution in [2.24, 2.45) is 5.92 Å². The Morgan fingerprint density at radius 2 is 1.81 bits per heavy atom. The molecule has 0 unspecified atom stereocenters. The molecule has 2 aromatic carbocycles. The highest BCUT2D eigenvalue weighted by atomic mass is 16.4. The number of rotatable bonds is 8. The predicted molar refractivity (Wildman–Crippen MR) is 125 cm³/mol. The van der Waals surface area contributed by atoms with Crippen LogP contribution in [-0.4, -0.2) is 33.4 Å². The van der Waals surface area contributed by atoms with Gasteiger partial charge in [0.2, 0.25) is 5.91 Å². The minimum atomic E-state index is -0.887. The van der Waals surface area contributed by atoms with Crippen LogP contribution in [0.1, 0.15) is 36.5 Å². The third-order valence-corrected chi connectivity index (χ3v) is 5.88. The van der Waals surface area contributed by atoms with E-state index in [1.165, 1.54) is 0 Å². The van der Waals surface area contributed by atoms with Crippen molar-refractivity contribution in [2.75, 3.05) is 6.54 Å². The number of hydrogen-bond acceptors (Lipinski definition) is 3. The molecule has 1 aromatic heterocycles. The number of carbonyl (C=O) groups is 2. The lowest BCUT2D eigenvalue weighted by atomic mass is 9.92. The normalized spacial score (nSPS) is 13.1. The van der Waals surface area contributed by atoms with E-state index in [1.807, 2.05) is 55.1 Å². The highest BCUT2D eigenvalue weighted by molar-refractivity contribution is 5.85. The Morgan fingerprint density at radius 1 is 1.06 bits per heavy atom. The van der Waals surface area contributed by atoms with Crippen molar-refractivity contribution < 1.29 is 14.7 Å². The molecule has 164 valence electrons. The summed E-state index contributed by atoms with van der Waals surface area (Å²) in [6.07, 6.45) is 3.52. The van der Waals surface area contributed by atoms with Gasteiger partial charge in [0.05, 0.1) is 12.1 Å². The van der Waals surface area contributed by atoms with Gasteiger partial charge >= 0.3 is 5.97 Å². The molecule has 1 N–H and O–H groups in total. The topological polar surface area (TPSA) is 70.5 Å². The van der Waals surface area contributed by atoms with E-state index in [4.69, 9.17) is 0 Å². The average Bonchev–Trinajstić information content (AvgIpc) is 3.63. The largest absolute Gasteiger partial charge is 0.481 e. The van der Waals surface area contributed by atoms with E-state index in [0.29, 0.717) is 18.7 Å². The number of amides is 1. The van der Waals surface area contributed by atoms with Crippen LogP contribution in [0.15, 0.2) is 60.8 Å². The van der Waals surface area contributed by atoms with Gasteiger partial charge in [0, 0.05) is 36.3 Å². The lowest BCUT2D eigenvalue weighted by Crippen LogP contribution is -2.31. The smallest absolute Gasteiger partial charge is 0.307 e. The zero-order valence-corrected chi connectivity index (χ0v) is 18.5. The van der Waals surface area contributed by atoms with Crippen LogP contribution in [0, 0.1) is 12.8 Å². The molecule has 0 radical (unpaired) electrons. The van der Waals surface area contributed by atoms with Crippen LogP contribution in [0.2, 0.25) is 0 Å². The van der Waals surface area contributed by atoms with Gasteiger partial charge in [-0.15, -0.1) is 0 Å². The first-order valence-electron chi connectivity index (χ1n) is 11.1. The summed E-state index contributed by atoms with van der Waals surface area (Å²) < 4.78 is 0. The molecule has 3 aromatic rings. The van der Waals surface area contributed by atoms with E-state index in [9.17, 15) is 14.7 Å². The standard InChI is InChI=1S/C27H28N2O3/c1-3-29(27(32)21-10-11-21)17-22-13-18(2)9-12-23(22)24-14-19(15-25(30)31)16-28-26(24)20-7-5-4-6-8-20/h4-9,12-14,16,21H,3,10-11,15,17H2,1-2H3,(H,30,31). The van der Waals surface area contributed by atoms with Crippen LogP contribution in [-0.2, 0) is 22.6 Å². The molecular formula is C27H28N2O3. The van der Waals surface area contributed by atoms with Crippen molar-refractivity contribution in [3.05, 3.63) is 77.5 Å². The molecule has 5 heteroatoms. The molecular weight excluding hydrogens is 400 g/mol. The zero-order valence-electron chi connectivity index (χ0n) is 18.5. The molecule has 0 bridgehead atoms. The number of aromatic nitrogens is 1. The van der Waals surface area contributed by atoms with Gasteiger partial charge < -0.3 is 10.0 Å². The van der Waals surface area contributed by atoms with Gasteiger partial charge in [-0.05, 0) is 49.4 Å². The molecule has 4 rings (SSSR count). The molecule has 1 saturated carbocycles. The zero-order chi connectivity index (χ0) is 22.7. The first-order valence-corrected chi connectivity index (χ1v) is 11.1. The number of nitrogens with zero attached hydrogens (tertiary/aromatic N) is 2. The number of carboxylic acid groups (broad SMARTS) is 1. The number of hydrogen-bond donors (Lipinski definition) is 1. The van der Waals surface area contributed by atoms with E-state index in [1.54, 1.807) is 6.20 Å². The van der Waals surface area contributed by atoms with Crippen molar-refractivity contribution in [3.63, 3.8) is 0 Å². The van der Waals surface area contributed by atoms with Gasteiger partial charge in [-0.1, -0.05) is 54.1 Å². The molecule has 32 heavy (non-hydrogen) atoms. The fourth-order valence-electron chi connectivity index (χ4n) is 4.07. The first-order chi connectivity index (χ1) is 15.5. The van der Waals surface area contributed by atoms with E-state index >= 15 is 0 Å². The van der Waals surface area contributed by atoms with Gasteiger partial charge in [-0.25, -0.2) is 0 Å². The molecule has 1 aliphatic carbocycles. The first kappa shape index (κ1) is 21.8. The fourth-order valence-corrected chi connectivity index (χ4v) is 4.07. The van der Waals surface area contributed by atoms with E-state index in [2.05, 4.69) is 23.2 Å². The van der Waals surface area contributed by atoms with Crippen molar-refractivity contribution in [3.8, 4) is 22.4 Å². The Morgan fingerprint density at radius 3 is 2.47 bits per heavy atom. The van der Waals surface area contributed by atoms with Gasteiger partial charge in [0.1, 0.15) is 0 Å². The summed E-state index contributed by atoms with van der Waals surface area (Å²) in [5.74, 6) is -0.494. The lowest BCUT2D eigenvalue weighted by molar-refractivity contribution is -0.136. The summed E-state index contributed by atoms with van der Waals surface area (Å²) in [5, 5.41) is 9.30. The predicted octanol–water partition coefficient (Wildman–Crippen LogP) is 5.11. The third-order valence-electron chi connectivity index (χ3n) is 5.88. The Hall–Kier alpha value is -3.47. The summed E-state index contributed by atoms with van der Waals surface area (Å²) in [6, 6.07) is 18.1. The maximum atomic E-state index is 12.8.